The number of unbranched alkanes of at least 4 members (excludes halogenated alkanes) is 20. The highest BCUT2D eigenvalue weighted by Crippen LogP contribution is 2.14. The second kappa shape index (κ2) is 66.5. The lowest BCUT2D eigenvalue weighted by Crippen LogP contribution is -2.30. The summed E-state index contributed by atoms with van der Waals surface area (Å²) in [4.78, 5) is 38.3. The molecule has 0 amide bonds. The molecule has 6 heteroatoms. The van der Waals surface area contributed by atoms with Crippen molar-refractivity contribution in [1.29, 1.82) is 0 Å². The smallest absolute Gasteiger partial charge is 0.306 e. The van der Waals surface area contributed by atoms with Gasteiger partial charge in [0.1, 0.15) is 13.2 Å². The van der Waals surface area contributed by atoms with Crippen molar-refractivity contribution in [3.05, 3.63) is 158 Å². The van der Waals surface area contributed by atoms with Gasteiger partial charge in [-0.1, -0.05) is 269 Å². The van der Waals surface area contributed by atoms with Gasteiger partial charge in [-0.05, 0) is 141 Å². The predicted molar refractivity (Wildman–Crippen MR) is 348 cm³/mol. The van der Waals surface area contributed by atoms with Crippen molar-refractivity contribution in [1.82, 2.24) is 0 Å². The summed E-state index contributed by atoms with van der Waals surface area (Å²) in [6, 6.07) is 0. The van der Waals surface area contributed by atoms with E-state index in [0.29, 0.717) is 12.8 Å². The molecule has 0 bridgehead atoms. The van der Waals surface area contributed by atoms with Crippen LogP contribution in [0.3, 0.4) is 0 Å². The molecular weight excluding hydrogens is 985 g/mol. The quantitative estimate of drug-likeness (QED) is 0.0261. The lowest BCUT2D eigenvalue weighted by Gasteiger charge is -2.18. The molecule has 0 aromatic carbocycles. The number of allylic oxidation sites excluding steroid dienone is 26. The van der Waals surface area contributed by atoms with E-state index >= 15 is 0 Å². The molecule has 1 unspecified atom stereocenters. The van der Waals surface area contributed by atoms with Crippen molar-refractivity contribution in [2.45, 2.75) is 277 Å². The third-order valence-corrected chi connectivity index (χ3v) is 13.2. The first-order valence-electron chi connectivity index (χ1n) is 32.5. The molecular formula is C74H118O6. The zero-order chi connectivity index (χ0) is 57.8. The Hall–Kier alpha value is -4.97. The second-order valence-electron chi connectivity index (χ2n) is 20.9. The standard InChI is InChI=1S/C74H118O6/c1-4-7-10-13-16-19-22-25-28-30-31-32-33-34-35-36-37-38-39-40-41-42-43-45-46-49-52-55-58-61-64-67-73(76)79-70-71(69-78-72(75)66-63-60-57-54-51-48-27-24-21-18-15-12-9-6-3)80-74(77)68-65-62-59-56-53-50-47-44-29-26-23-20-17-14-11-8-5-2/h7-8,10-11,15-20,24-29,31-32,34-35,37-38,40-41,47,50,71H,4-6,9,12-14,21-23,30,33,36,39,42-46,48-49,51-70H2,1-3H3/b10-7-,11-8-,18-15-,19-16-,20-17-,27-24-,28-25-,29-26-,32-31-,35-34-,38-37-,41-40-,50-47-. The van der Waals surface area contributed by atoms with Crippen LogP contribution in [0.25, 0.3) is 0 Å². The van der Waals surface area contributed by atoms with Crippen molar-refractivity contribution in [2.24, 2.45) is 0 Å². The molecule has 0 saturated heterocycles. The molecule has 450 valence electrons. The molecule has 0 aliphatic rings. The van der Waals surface area contributed by atoms with Gasteiger partial charge >= 0.3 is 17.9 Å². The zero-order valence-corrected chi connectivity index (χ0v) is 51.5. The molecule has 0 aliphatic carbocycles. The maximum atomic E-state index is 12.9. The second-order valence-corrected chi connectivity index (χ2v) is 20.9. The Labute approximate surface area is 492 Å². The first-order valence-corrected chi connectivity index (χ1v) is 32.5. The van der Waals surface area contributed by atoms with Crippen molar-refractivity contribution in [3.8, 4) is 0 Å². The van der Waals surface area contributed by atoms with Crippen LogP contribution in [-0.4, -0.2) is 37.2 Å². The Morgan fingerprint density at radius 2 is 0.487 bits per heavy atom. The summed E-state index contributed by atoms with van der Waals surface area (Å²) in [6.07, 6.45) is 96.8. The number of hydrogen-bond donors (Lipinski definition) is 0. The van der Waals surface area contributed by atoms with Gasteiger partial charge < -0.3 is 14.2 Å². The first kappa shape index (κ1) is 75.0. The molecule has 0 aromatic heterocycles. The first-order chi connectivity index (χ1) is 39.5. The summed E-state index contributed by atoms with van der Waals surface area (Å²) in [6.45, 7) is 6.33. The molecule has 0 rings (SSSR count). The number of ether oxygens (including phenoxy) is 3. The Morgan fingerprint density at radius 3 is 0.762 bits per heavy atom. The zero-order valence-electron chi connectivity index (χ0n) is 51.5. The van der Waals surface area contributed by atoms with Gasteiger partial charge in [0.15, 0.2) is 6.10 Å². The topological polar surface area (TPSA) is 78.9 Å². The third kappa shape index (κ3) is 63.9. The van der Waals surface area contributed by atoms with Crippen LogP contribution < -0.4 is 0 Å². The minimum Gasteiger partial charge on any atom is -0.462 e. The van der Waals surface area contributed by atoms with Crippen molar-refractivity contribution >= 4 is 17.9 Å². The van der Waals surface area contributed by atoms with E-state index in [1.54, 1.807) is 0 Å². The van der Waals surface area contributed by atoms with Gasteiger partial charge in [0, 0.05) is 19.3 Å². The molecule has 0 heterocycles. The predicted octanol–water partition coefficient (Wildman–Crippen LogP) is 22.5. The third-order valence-electron chi connectivity index (χ3n) is 13.2. The van der Waals surface area contributed by atoms with Gasteiger partial charge in [0.05, 0.1) is 0 Å². The highest BCUT2D eigenvalue weighted by Gasteiger charge is 2.19. The lowest BCUT2D eigenvalue weighted by atomic mass is 10.1. The monoisotopic (exact) mass is 1100 g/mol. The molecule has 0 aromatic rings. The Bertz CT molecular complexity index is 1790. The normalized spacial score (nSPS) is 13.2. The van der Waals surface area contributed by atoms with Crippen LogP contribution in [0.4, 0.5) is 0 Å². The number of rotatable bonds is 57. The largest absolute Gasteiger partial charge is 0.462 e. The van der Waals surface area contributed by atoms with Gasteiger partial charge in [0.2, 0.25) is 0 Å². The molecule has 6 nitrogen and oxygen atoms in total. The van der Waals surface area contributed by atoms with E-state index in [4.69, 9.17) is 14.2 Å². The van der Waals surface area contributed by atoms with Gasteiger partial charge in [-0.3, -0.25) is 14.4 Å². The van der Waals surface area contributed by atoms with Gasteiger partial charge in [0.25, 0.3) is 0 Å². The van der Waals surface area contributed by atoms with Crippen molar-refractivity contribution in [2.75, 3.05) is 13.2 Å². The fourth-order valence-electron chi connectivity index (χ4n) is 8.43. The number of hydrogen-bond acceptors (Lipinski definition) is 6. The van der Waals surface area contributed by atoms with Gasteiger partial charge in [-0.25, -0.2) is 0 Å². The average molecular weight is 1100 g/mol. The summed E-state index contributed by atoms with van der Waals surface area (Å²) in [5.74, 6) is -0.947. The summed E-state index contributed by atoms with van der Waals surface area (Å²) < 4.78 is 16.9. The number of carbonyl (C=O) groups is 3. The number of esters is 3. The molecule has 80 heavy (non-hydrogen) atoms. The van der Waals surface area contributed by atoms with E-state index in [9.17, 15) is 14.4 Å². The van der Waals surface area contributed by atoms with Gasteiger partial charge in [-0.2, -0.15) is 0 Å². The van der Waals surface area contributed by atoms with Crippen molar-refractivity contribution in [3.63, 3.8) is 0 Å². The van der Waals surface area contributed by atoms with Crippen LogP contribution in [0.15, 0.2) is 158 Å². The molecule has 1 atom stereocenters. The van der Waals surface area contributed by atoms with Crippen LogP contribution in [0.1, 0.15) is 271 Å². The summed E-state index contributed by atoms with van der Waals surface area (Å²) in [5.41, 5.74) is 0. The van der Waals surface area contributed by atoms with E-state index in [2.05, 4.69) is 179 Å². The molecule has 0 saturated carbocycles. The van der Waals surface area contributed by atoms with Gasteiger partial charge in [-0.15, -0.1) is 0 Å². The van der Waals surface area contributed by atoms with Crippen LogP contribution in [0.2, 0.25) is 0 Å². The Kier molecular flexibility index (Phi) is 62.4. The Morgan fingerprint density at radius 1 is 0.263 bits per heavy atom. The Balaban J connectivity index is 4.36. The molecule has 0 spiro atoms. The minimum atomic E-state index is -0.808. The molecule has 0 N–H and O–H groups in total. The summed E-state index contributed by atoms with van der Waals surface area (Å²) in [5, 5.41) is 0. The molecule has 0 radical (unpaired) electrons. The van der Waals surface area contributed by atoms with E-state index in [1.165, 1.54) is 57.8 Å². The van der Waals surface area contributed by atoms with E-state index < -0.39 is 6.10 Å². The average Bonchev–Trinajstić information content (AvgIpc) is 3.46. The number of carbonyl (C=O) groups excluding carboxylic acids is 3. The van der Waals surface area contributed by atoms with E-state index in [-0.39, 0.29) is 37.5 Å². The highest BCUT2D eigenvalue weighted by atomic mass is 16.6. The molecule has 0 fully saturated rings. The lowest BCUT2D eigenvalue weighted by molar-refractivity contribution is -0.167. The summed E-state index contributed by atoms with van der Waals surface area (Å²) in [7, 11) is 0. The van der Waals surface area contributed by atoms with Crippen LogP contribution in [0.5, 0.6) is 0 Å². The maximum Gasteiger partial charge on any atom is 0.306 e. The van der Waals surface area contributed by atoms with E-state index in [1.807, 2.05) is 0 Å². The summed E-state index contributed by atoms with van der Waals surface area (Å²) >= 11 is 0. The minimum absolute atomic E-state index is 0.102. The SMILES string of the molecule is CC/C=C\C/C=C\C/C=C\C/C=C\C/C=C\C/C=C\C/C=C\CCCCCCCCCCCC(=O)OCC(COC(=O)CCCCCCC/C=C\C/C=C\CCCC)OC(=O)CCCCCC/C=C\C/C=C\C/C=C\C/C=C\CC. The van der Waals surface area contributed by atoms with Crippen LogP contribution in [-0.2, 0) is 28.6 Å². The van der Waals surface area contributed by atoms with E-state index in [0.717, 1.165) is 173 Å². The highest BCUT2D eigenvalue weighted by molar-refractivity contribution is 5.71. The molecule has 0 aliphatic heterocycles. The fraction of sp³-hybridized carbons (Fsp3) is 0.608. The fourth-order valence-corrected chi connectivity index (χ4v) is 8.43. The maximum absolute atomic E-state index is 12.9. The van der Waals surface area contributed by atoms with Crippen molar-refractivity contribution < 1.29 is 28.6 Å². The van der Waals surface area contributed by atoms with Crippen LogP contribution in [0, 0.1) is 0 Å². The van der Waals surface area contributed by atoms with Crippen LogP contribution >= 0.6 is 0 Å².